The fraction of sp³-hybridized carbons (Fsp3) is 0.167. The number of thiazole rings is 1. The monoisotopic (exact) mass is 294 g/mol. The van der Waals surface area contributed by atoms with E-state index in [9.17, 15) is 0 Å². The molecule has 0 atom stereocenters. The van der Waals surface area contributed by atoms with Crippen LogP contribution in [0.5, 0.6) is 0 Å². The van der Waals surface area contributed by atoms with E-state index in [0.29, 0.717) is 0 Å². The van der Waals surface area contributed by atoms with Crippen molar-refractivity contribution in [3.8, 4) is 0 Å². The molecule has 3 rings (SSSR count). The third-order valence-electron chi connectivity index (χ3n) is 3.44. The summed E-state index contributed by atoms with van der Waals surface area (Å²) in [5.41, 5.74) is 2.57. The highest BCUT2D eigenvalue weighted by Crippen LogP contribution is 2.34. The largest absolute Gasteiger partial charge is 0.315 e. The van der Waals surface area contributed by atoms with Crippen molar-refractivity contribution in [2.24, 2.45) is 0 Å². The predicted octanol–water partition coefficient (Wildman–Crippen LogP) is 4.04. The van der Waals surface area contributed by atoms with Crippen LogP contribution in [-0.2, 0) is 6.54 Å². The van der Waals surface area contributed by atoms with Crippen LogP contribution in [0.2, 0.25) is 0 Å². The Kier molecular flexibility index (Phi) is 4.43. The number of rotatable bonds is 5. The van der Waals surface area contributed by atoms with E-state index in [4.69, 9.17) is 0 Å². The standard InChI is InChI=1S/C18H18N2S/c1-19-12-16-13-20-18(21-16)17(14-8-4-2-5-9-14)15-10-6-3-7-11-15/h2-11,13,17,19H,12H2,1H3. The molecule has 3 aromatic rings. The first kappa shape index (κ1) is 14.0. The highest BCUT2D eigenvalue weighted by atomic mass is 32.1. The molecule has 3 heteroatoms. The lowest BCUT2D eigenvalue weighted by molar-refractivity contribution is 0.829. The zero-order chi connectivity index (χ0) is 14.5. The lowest BCUT2D eigenvalue weighted by Gasteiger charge is -2.15. The Bertz CT molecular complexity index is 637. The Hall–Kier alpha value is -1.97. The molecule has 0 spiro atoms. The van der Waals surface area contributed by atoms with E-state index in [-0.39, 0.29) is 5.92 Å². The summed E-state index contributed by atoms with van der Waals surface area (Å²) in [6.45, 7) is 0.869. The molecule has 0 aliphatic rings. The number of aromatic nitrogens is 1. The van der Waals surface area contributed by atoms with Crippen LogP contribution in [0, 0.1) is 0 Å². The molecular formula is C18H18N2S. The van der Waals surface area contributed by atoms with Crippen molar-refractivity contribution in [2.45, 2.75) is 12.5 Å². The molecule has 0 saturated heterocycles. The van der Waals surface area contributed by atoms with E-state index in [1.807, 2.05) is 13.2 Å². The van der Waals surface area contributed by atoms with Crippen molar-refractivity contribution in [3.63, 3.8) is 0 Å². The molecule has 1 heterocycles. The Balaban J connectivity index is 2.03. The van der Waals surface area contributed by atoms with Crippen molar-refractivity contribution in [3.05, 3.63) is 87.9 Å². The van der Waals surface area contributed by atoms with Gasteiger partial charge in [0.15, 0.2) is 0 Å². The molecule has 21 heavy (non-hydrogen) atoms. The molecule has 0 amide bonds. The SMILES string of the molecule is CNCc1cnc(C(c2ccccc2)c2ccccc2)s1. The summed E-state index contributed by atoms with van der Waals surface area (Å²) >= 11 is 1.78. The predicted molar refractivity (Wildman–Crippen MR) is 88.7 cm³/mol. The average molecular weight is 294 g/mol. The van der Waals surface area contributed by atoms with Crippen molar-refractivity contribution >= 4 is 11.3 Å². The maximum atomic E-state index is 4.67. The molecule has 2 aromatic carbocycles. The Labute approximate surface area is 129 Å². The fourth-order valence-corrected chi connectivity index (χ4v) is 3.57. The summed E-state index contributed by atoms with van der Waals surface area (Å²) < 4.78 is 0. The van der Waals surface area contributed by atoms with Crippen LogP contribution in [-0.4, -0.2) is 12.0 Å². The number of nitrogens with one attached hydrogen (secondary N) is 1. The van der Waals surface area contributed by atoms with Crippen LogP contribution in [0.4, 0.5) is 0 Å². The first-order valence-electron chi connectivity index (χ1n) is 7.07. The minimum absolute atomic E-state index is 0.211. The lowest BCUT2D eigenvalue weighted by Crippen LogP contribution is -2.03. The second-order valence-corrected chi connectivity index (χ2v) is 6.10. The minimum atomic E-state index is 0.211. The number of hydrogen-bond donors (Lipinski definition) is 1. The van der Waals surface area contributed by atoms with Gasteiger partial charge in [-0.15, -0.1) is 11.3 Å². The molecule has 106 valence electrons. The first-order valence-corrected chi connectivity index (χ1v) is 7.89. The van der Waals surface area contributed by atoms with E-state index in [1.165, 1.54) is 16.0 Å². The number of benzene rings is 2. The molecule has 2 nitrogen and oxygen atoms in total. The van der Waals surface area contributed by atoms with Crippen molar-refractivity contribution in [1.82, 2.24) is 10.3 Å². The smallest absolute Gasteiger partial charge is 0.105 e. The van der Waals surface area contributed by atoms with Gasteiger partial charge in [-0.2, -0.15) is 0 Å². The van der Waals surface area contributed by atoms with Gasteiger partial charge in [-0.3, -0.25) is 0 Å². The average Bonchev–Trinajstić information content (AvgIpc) is 2.98. The lowest BCUT2D eigenvalue weighted by atomic mass is 9.92. The second-order valence-electron chi connectivity index (χ2n) is 4.95. The van der Waals surface area contributed by atoms with E-state index in [0.717, 1.165) is 11.6 Å². The summed E-state index contributed by atoms with van der Waals surface area (Å²) in [5, 5.41) is 4.34. The molecule has 0 aliphatic heterocycles. The maximum absolute atomic E-state index is 4.67. The molecule has 0 fully saturated rings. The Morgan fingerprint density at radius 3 is 2.05 bits per heavy atom. The third-order valence-corrected chi connectivity index (χ3v) is 4.50. The van der Waals surface area contributed by atoms with Gasteiger partial charge in [-0.25, -0.2) is 4.98 Å². The summed E-state index contributed by atoms with van der Waals surface area (Å²) in [4.78, 5) is 5.93. The summed E-state index contributed by atoms with van der Waals surface area (Å²) in [7, 11) is 1.96. The maximum Gasteiger partial charge on any atom is 0.105 e. The van der Waals surface area contributed by atoms with Crippen LogP contribution in [0.1, 0.15) is 26.9 Å². The van der Waals surface area contributed by atoms with Crippen molar-refractivity contribution in [1.29, 1.82) is 0 Å². The van der Waals surface area contributed by atoms with Gasteiger partial charge in [-0.05, 0) is 18.2 Å². The third kappa shape index (κ3) is 3.20. The fourth-order valence-electron chi connectivity index (χ4n) is 2.48. The summed E-state index contributed by atoms with van der Waals surface area (Å²) in [6, 6.07) is 21.2. The van der Waals surface area contributed by atoms with Crippen LogP contribution in [0.25, 0.3) is 0 Å². The van der Waals surface area contributed by atoms with Gasteiger partial charge < -0.3 is 5.32 Å². The van der Waals surface area contributed by atoms with E-state index < -0.39 is 0 Å². The van der Waals surface area contributed by atoms with Gasteiger partial charge in [-0.1, -0.05) is 60.7 Å². The van der Waals surface area contributed by atoms with Gasteiger partial charge >= 0.3 is 0 Å². The molecule has 0 aliphatic carbocycles. The Morgan fingerprint density at radius 1 is 0.952 bits per heavy atom. The molecule has 1 N–H and O–H groups in total. The van der Waals surface area contributed by atoms with Gasteiger partial charge in [0.25, 0.3) is 0 Å². The molecule has 0 bridgehead atoms. The van der Waals surface area contributed by atoms with Crippen molar-refractivity contribution in [2.75, 3.05) is 7.05 Å². The van der Waals surface area contributed by atoms with Gasteiger partial charge in [0, 0.05) is 17.6 Å². The van der Waals surface area contributed by atoms with Crippen LogP contribution in [0.3, 0.4) is 0 Å². The number of hydrogen-bond acceptors (Lipinski definition) is 3. The topological polar surface area (TPSA) is 24.9 Å². The summed E-state index contributed by atoms with van der Waals surface area (Å²) in [6.07, 6.45) is 1.98. The van der Waals surface area contributed by atoms with Crippen LogP contribution < -0.4 is 5.32 Å². The van der Waals surface area contributed by atoms with Crippen LogP contribution in [0.15, 0.2) is 66.9 Å². The molecule has 0 radical (unpaired) electrons. The molecule has 0 unspecified atom stereocenters. The van der Waals surface area contributed by atoms with Gasteiger partial charge in [0.2, 0.25) is 0 Å². The quantitative estimate of drug-likeness (QED) is 0.768. The molecular weight excluding hydrogens is 276 g/mol. The zero-order valence-corrected chi connectivity index (χ0v) is 12.8. The molecule has 1 aromatic heterocycles. The highest BCUT2D eigenvalue weighted by Gasteiger charge is 2.19. The second kappa shape index (κ2) is 6.66. The van der Waals surface area contributed by atoms with E-state index in [2.05, 4.69) is 71.0 Å². The first-order chi connectivity index (χ1) is 10.4. The van der Waals surface area contributed by atoms with Crippen LogP contribution >= 0.6 is 11.3 Å². The van der Waals surface area contributed by atoms with E-state index >= 15 is 0 Å². The minimum Gasteiger partial charge on any atom is -0.315 e. The summed E-state index contributed by atoms with van der Waals surface area (Å²) in [5.74, 6) is 0.211. The van der Waals surface area contributed by atoms with E-state index in [1.54, 1.807) is 11.3 Å². The van der Waals surface area contributed by atoms with Crippen molar-refractivity contribution < 1.29 is 0 Å². The van der Waals surface area contributed by atoms with Gasteiger partial charge in [0.1, 0.15) is 5.01 Å². The van der Waals surface area contributed by atoms with Gasteiger partial charge in [0.05, 0.1) is 5.92 Å². The highest BCUT2D eigenvalue weighted by molar-refractivity contribution is 7.11. The molecule has 0 saturated carbocycles. The zero-order valence-electron chi connectivity index (χ0n) is 12.0. The normalized spacial score (nSPS) is 11.0. The number of nitrogens with zero attached hydrogens (tertiary/aromatic N) is 1. The Morgan fingerprint density at radius 2 is 1.52 bits per heavy atom.